The molecule has 0 saturated heterocycles. The number of aliphatic carboxylic acids is 1. The summed E-state index contributed by atoms with van der Waals surface area (Å²) in [5.41, 5.74) is 5.46. The predicted molar refractivity (Wildman–Crippen MR) is 54.4 cm³/mol. The molecule has 15 heavy (non-hydrogen) atoms. The maximum absolute atomic E-state index is 11.5. The van der Waals surface area contributed by atoms with E-state index in [1.807, 2.05) is 0 Å². The fraction of sp³-hybridized carbons (Fsp3) is 0.778. The molecule has 6 nitrogen and oxygen atoms in total. The molecule has 1 amide bonds. The van der Waals surface area contributed by atoms with Crippen LogP contribution in [0.4, 0.5) is 0 Å². The standard InChI is InChI=1S/C9H18N2O4/c1-7(10)5-8(12)11(3-4-15-2)6-9(13)14/h7H,3-6,10H2,1-2H3,(H,13,14). The minimum absolute atomic E-state index is 0.150. The van der Waals surface area contributed by atoms with E-state index in [-0.39, 0.29) is 31.5 Å². The largest absolute Gasteiger partial charge is 0.480 e. The number of amides is 1. The van der Waals surface area contributed by atoms with Crippen molar-refractivity contribution in [2.45, 2.75) is 19.4 Å². The highest BCUT2D eigenvalue weighted by Crippen LogP contribution is 1.97. The Bertz CT molecular complexity index is 218. The van der Waals surface area contributed by atoms with Crippen molar-refractivity contribution < 1.29 is 19.4 Å². The number of nitrogens with zero attached hydrogens (tertiary/aromatic N) is 1. The average Bonchev–Trinajstić information content (AvgIpc) is 2.10. The maximum Gasteiger partial charge on any atom is 0.323 e. The minimum Gasteiger partial charge on any atom is -0.480 e. The van der Waals surface area contributed by atoms with Crippen molar-refractivity contribution in [1.29, 1.82) is 0 Å². The molecule has 0 fully saturated rings. The van der Waals surface area contributed by atoms with E-state index in [1.54, 1.807) is 6.92 Å². The molecule has 0 aromatic carbocycles. The lowest BCUT2D eigenvalue weighted by molar-refractivity contribution is -0.145. The molecule has 0 heterocycles. The number of methoxy groups -OCH3 is 1. The SMILES string of the molecule is COCCN(CC(=O)O)C(=O)CC(C)N. The lowest BCUT2D eigenvalue weighted by atomic mass is 10.2. The van der Waals surface area contributed by atoms with Crippen LogP contribution in [0.3, 0.4) is 0 Å². The molecule has 0 saturated carbocycles. The van der Waals surface area contributed by atoms with E-state index in [4.69, 9.17) is 15.6 Å². The number of carboxylic acid groups (broad SMARTS) is 1. The summed E-state index contributed by atoms with van der Waals surface area (Å²) in [6.45, 7) is 1.98. The Kier molecular flexibility index (Phi) is 6.64. The number of hydrogen-bond donors (Lipinski definition) is 2. The third-order valence-corrected chi connectivity index (χ3v) is 1.74. The number of carboxylic acids is 1. The van der Waals surface area contributed by atoms with Crippen molar-refractivity contribution in [2.24, 2.45) is 5.73 Å². The van der Waals surface area contributed by atoms with Crippen LogP contribution < -0.4 is 5.73 Å². The molecule has 0 aliphatic rings. The first-order valence-corrected chi connectivity index (χ1v) is 4.71. The van der Waals surface area contributed by atoms with Gasteiger partial charge in [-0.3, -0.25) is 9.59 Å². The smallest absolute Gasteiger partial charge is 0.323 e. The lowest BCUT2D eigenvalue weighted by Gasteiger charge is -2.21. The van der Waals surface area contributed by atoms with Gasteiger partial charge in [0.15, 0.2) is 0 Å². The second kappa shape index (κ2) is 7.19. The van der Waals surface area contributed by atoms with Crippen molar-refractivity contribution in [2.75, 3.05) is 26.8 Å². The number of hydrogen-bond acceptors (Lipinski definition) is 4. The Morgan fingerprint density at radius 3 is 2.53 bits per heavy atom. The van der Waals surface area contributed by atoms with Crippen LogP contribution in [0.15, 0.2) is 0 Å². The fourth-order valence-electron chi connectivity index (χ4n) is 1.06. The first-order valence-electron chi connectivity index (χ1n) is 4.71. The Balaban J connectivity index is 4.20. The third kappa shape index (κ3) is 6.87. The first-order chi connectivity index (χ1) is 6.97. The molecule has 0 bridgehead atoms. The molecule has 3 N–H and O–H groups in total. The number of nitrogens with two attached hydrogens (primary N) is 1. The van der Waals surface area contributed by atoms with Gasteiger partial charge in [0.05, 0.1) is 6.61 Å². The van der Waals surface area contributed by atoms with Crippen molar-refractivity contribution in [3.05, 3.63) is 0 Å². The summed E-state index contributed by atoms with van der Waals surface area (Å²) in [6.07, 6.45) is 0.150. The monoisotopic (exact) mass is 218 g/mol. The van der Waals surface area contributed by atoms with Gasteiger partial charge in [-0.1, -0.05) is 0 Å². The second-order valence-corrected chi connectivity index (χ2v) is 3.38. The number of carbonyl (C=O) groups is 2. The van der Waals surface area contributed by atoms with Gasteiger partial charge in [-0.2, -0.15) is 0 Å². The average molecular weight is 218 g/mol. The van der Waals surface area contributed by atoms with Crippen LogP contribution >= 0.6 is 0 Å². The maximum atomic E-state index is 11.5. The third-order valence-electron chi connectivity index (χ3n) is 1.74. The van der Waals surface area contributed by atoms with E-state index in [9.17, 15) is 9.59 Å². The molecule has 1 atom stereocenters. The van der Waals surface area contributed by atoms with Crippen molar-refractivity contribution in [3.63, 3.8) is 0 Å². The normalized spacial score (nSPS) is 12.2. The molecule has 1 unspecified atom stereocenters. The molecular weight excluding hydrogens is 200 g/mol. The number of ether oxygens (including phenoxy) is 1. The van der Waals surface area contributed by atoms with E-state index in [1.165, 1.54) is 12.0 Å². The molecule has 0 aromatic rings. The molecule has 0 aliphatic heterocycles. The van der Waals surface area contributed by atoms with Gasteiger partial charge in [0, 0.05) is 26.1 Å². The second-order valence-electron chi connectivity index (χ2n) is 3.38. The minimum atomic E-state index is -1.04. The van der Waals surface area contributed by atoms with Crippen LogP contribution in [0.1, 0.15) is 13.3 Å². The fourth-order valence-corrected chi connectivity index (χ4v) is 1.06. The Morgan fingerprint density at radius 1 is 1.53 bits per heavy atom. The zero-order chi connectivity index (χ0) is 11.8. The summed E-state index contributed by atoms with van der Waals surface area (Å²) < 4.78 is 4.79. The van der Waals surface area contributed by atoms with Gasteiger partial charge in [0.1, 0.15) is 6.54 Å². The topological polar surface area (TPSA) is 92.9 Å². The highest BCUT2D eigenvalue weighted by Gasteiger charge is 2.17. The van der Waals surface area contributed by atoms with E-state index in [2.05, 4.69) is 0 Å². The Morgan fingerprint density at radius 2 is 2.13 bits per heavy atom. The zero-order valence-electron chi connectivity index (χ0n) is 9.10. The van der Waals surface area contributed by atoms with Crippen LogP contribution in [0.2, 0.25) is 0 Å². The van der Waals surface area contributed by atoms with Crippen LogP contribution in [-0.4, -0.2) is 54.7 Å². The van der Waals surface area contributed by atoms with Gasteiger partial charge in [-0.15, -0.1) is 0 Å². The first kappa shape index (κ1) is 13.9. The molecular formula is C9H18N2O4. The van der Waals surface area contributed by atoms with Crippen LogP contribution in [0, 0.1) is 0 Å². The van der Waals surface area contributed by atoms with Crippen molar-refractivity contribution in [1.82, 2.24) is 4.90 Å². The molecule has 88 valence electrons. The molecule has 0 aliphatic carbocycles. The zero-order valence-corrected chi connectivity index (χ0v) is 9.10. The Hall–Kier alpha value is -1.14. The van der Waals surface area contributed by atoms with E-state index in [0.717, 1.165) is 0 Å². The van der Waals surface area contributed by atoms with Crippen LogP contribution in [0.25, 0.3) is 0 Å². The van der Waals surface area contributed by atoms with Gasteiger partial charge >= 0.3 is 5.97 Å². The van der Waals surface area contributed by atoms with Crippen LogP contribution in [-0.2, 0) is 14.3 Å². The summed E-state index contributed by atoms with van der Waals surface area (Å²) in [4.78, 5) is 23.3. The van der Waals surface area contributed by atoms with Gasteiger partial charge in [-0.25, -0.2) is 0 Å². The van der Waals surface area contributed by atoms with Crippen molar-refractivity contribution in [3.8, 4) is 0 Å². The molecule has 0 spiro atoms. The lowest BCUT2D eigenvalue weighted by Crippen LogP contribution is -2.40. The number of rotatable bonds is 7. The van der Waals surface area contributed by atoms with Gasteiger partial charge < -0.3 is 20.5 Å². The van der Waals surface area contributed by atoms with E-state index >= 15 is 0 Å². The molecule has 6 heteroatoms. The molecule has 0 radical (unpaired) electrons. The quantitative estimate of drug-likeness (QED) is 0.588. The summed E-state index contributed by atoms with van der Waals surface area (Å²) in [7, 11) is 1.50. The highest BCUT2D eigenvalue weighted by atomic mass is 16.5. The van der Waals surface area contributed by atoms with Gasteiger partial charge in [0.2, 0.25) is 5.91 Å². The number of carbonyl (C=O) groups excluding carboxylic acids is 1. The predicted octanol–water partition coefficient (Wildman–Crippen LogP) is -0.717. The summed E-state index contributed by atoms with van der Waals surface area (Å²) >= 11 is 0. The summed E-state index contributed by atoms with van der Waals surface area (Å²) in [6, 6.07) is -0.267. The van der Waals surface area contributed by atoms with Gasteiger partial charge in [0.25, 0.3) is 0 Å². The Labute approximate surface area is 89.0 Å². The van der Waals surface area contributed by atoms with Gasteiger partial charge in [-0.05, 0) is 6.92 Å². The summed E-state index contributed by atoms with van der Waals surface area (Å²) in [5.74, 6) is -1.30. The van der Waals surface area contributed by atoms with E-state index in [0.29, 0.717) is 6.61 Å². The molecule has 0 aromatic heterocycles. The molecule has 0 rings (SSSR count). The van der Waals surface area contributed by atoms with E-state index < -0.39 is 5.97 Å². The van der Waals surface area contributed by atoms with Crippen molar-refractivity contribution >= 4 is 11.9 Å². The summed E-state index contributed by atoms with van der Waals surface area (Å²) in [5, 5.41) is 8.60. The highest BCUT2D eigenvalue weighted by molar-refractivity contribution is 5.81. The van der Waals surface area contributed by atoms with Crippen LogP contribution in [0.5, 0.6) is 0 Å².